The van der Waals surface area contributed by atoms with Gasteiger partial charge in [0.25, 0.3) is 0 Å². The predicted octanol–water partition coefficient (Wildman–Crippen LogP) is 2.57. The van der Waals surface area contributed by atoms with Gasteiger partial charge in [-0.3, -0.25) is 9.59 Å². The monoisotopic (exact) mass is 261 g/mol. The zero-order chi connectivity index (χ0) is 13.2. The molecule has 0 aromatic carbocycles. The molecule has 19 heavy (non-hydrogen) atoms. The van der Waals surface area contributed by atoms with Gasteiger partial charge in [0.1, 0.15) is 0 Å². The molecule has 0 radical (unpaired) electrons. The predicted molar refractivity (Wildman–Crippen MR) is 69.6 cm³/mol. The van der Waals surface area contributed by atoms with Gasteiger partial charge in [0.05, 0.1) is 5.69 Å². The van der Waals surface area contributed by atoms with Crippen molar-refractivity contribution in [3.8, 4) is 0 Å². The van der Waals surface area contributed by atoms with E-state index in [-0.39, 0.29) is 18.4 Å². The van der Waals surface area contributed by atoms with E-state index in [4.69, 9.17) is 4.74 Å². The Hall–Kier alpha value is -1.58. The lowest BCUT2D eigenvalue weighted by atomic mass is 9.86. The van der Waals surface area contributed by atoms with E-state index in [0.717, 1.165) is 11.8 Å². The van der Waals surface area contributed by atoms with Crippen LogP contribution in [-0.4, -0.2) is 23.3 Å². The van der Waals surface area contributed by atoms with E-state index in [9.17, 15) is 9.59 Å². The number of carbonyl (C=O) groups is 2. The van der Waals surface area contributed by atoms with Crippen LogP contribution in [0.15, 0.2) is 18.3 Å². The van der Waals surface area contributed by atoms with Gasteiger partial charge in [0, 0.05) is 12.6 Å². The number of rotatable bonds is 5. The number of fused-ring (bicyclic) bond motifs is 2. The van der Waals surface area contributed by atoms with E-state index in [2.05, 4.69) is 4.98 Å². The van der Waals surface area contributed by atoms with Crippen molar-refractivity contribution in [2.75, 3.05) is 6.61 Å². The Kier molecular flexibility index (Phi) is 3.40. The highest BCUT2D eigenvalue weighted by atomic mass is 16.5. The molecular weight excluding hydrogens is 242 g/mol. The lowest BCUT2D eigenvalue weighted by Crippen LogP contribution is -2.19. The first kappa shape index (κ1) is 12.5. The summed E-state index contributed by atoms with van der Waals surface area (Å²) in [4.78, 5) is 26.2. The molecule has 0 saturated heterocycles. The summed E-state index contributed by atoms with van der Waals surface area (Å²) in [7, 11) is 0. The highest BCUT2D eigenvalue weighted by molar-refractivity contribution is 5.96. The second kappa shape index (κ2) is 5.19. The Morgan fingerprint density at radius 2 is 2.21 bits per heavy atom. The van der Waals surface area contributed by atoms with Crippen LogP contribution in [-0.2, 0) is 9.53 Å². The maximum absolute atomic E-state index is 11.8. The molecule has 2 saturated carbocycles. The van der Waals surface area contributed by atoms with Crippen LogP contribution in [0, 0.1) is 17.8 Å². The van der Waals surface area contributed by atoms with Crippen LogP contribution >= 0.6 is 0 Å². The summed E-state index contributed by atoms with van der Waals surface area (Å²) >= 11 is 0. The zero-order valence-corrected chi connectivity index (χ0v) is 10.9. The highest BCUT2D eigenvalue weighted by Gasteiger charge is 2.40. The van der Waals surface area contributed by atoms with E-state index >= 15 is 0 Å². The van der Waals surface area contributed by atoms with Crippen LogP contribution in [0.5, 0.6) is 0 Å². The van der Waals surface area contributed by atoms with Gasteiger partial charge in [-0.15, -0.1) is 0 Å². The minimum Gasteiger partial charge on any atom is -0.457 e. The summed E-state index contributed by atoms with van der Waals surface area (Å²) in [6, 6.07) is 3.44. The van der Waals surface area contributed by atoms with E-state index in [1.165, 1.54) is 25.7 Å². The Bertz CT molecular complexity index is 466. The van der Waals surface area contributed by atoms with Crippen LogP contribution < -0.4 is 0 Å². The normalized spacial score (nSPS) is 28.5. The number of Topliss-reactive ketones (excluding diaryl/α,β-unsaturated/α-hetero) is 1. The number of H-pyrrole nitrogens is 1. The number of aromatic amines is 1. The first-order valence-electron chi connectivity index (χ1n) is 7.04. The zero-order valence-electron chi connectivity index (χ0n) is 10.9. The first-order chi connectivity index (χ1) is 9.22. The minimum absolute atomic E-state index is 0.153. The van der Waals surface area contributed by atoms with Crippen LogP contribution in [0.3, 0.4) is 0 Å². The lowest BCUT2D eigenvalue weighted by Gasteiger charge is -2.20. The van der Waals surface area contributed by atoms with Gasteiger partial charge in [-0.25, -0.2) is 0 Å². The summed E-state index contributed by atoms with van der Waals surface area (Å²) < 4.78 is 5.09. The molecule has 1 heterocycles. The molecular formula is C15H19NO3. The fourth-order valence-corrected chi connectivity index (χ4v) is 3.63. The molecule has 0 unspecified atom stereocenters. The van der Waals surface area contributed by atoms with Gasteiger partial charge in [-0.2, -0.15) is 0 Å². The molecule has 4 nitrogen and oxygen atoms in total. The fraction of sp³-hybridized carbons (Fsp3) is 0.600. The number of ether oxygens (including phenoxy) is 1. The van der Waals surface area contributed by atoms with E-state index < -0.39 is 0 Å². The molecule has 3 rings (SSSR count). The van der Waals surface area contributed by atoms with Crippen LogP contribution in [0.2, 0.25) is 0 Å². The molecule has 3 atom stereocenters. The maximum Gasteiger partial charge on any atom is 0.306 e. The summed E-state index contributed by atoms with van der Waals surface area (Å²) in [5.41, 5.74) is 0.493. The Balaban J connectivity index is 1.43. The molecule has 2 fully saturated rings. The topological polar surface area (TPSA) is 59.2 Å². The van der Waals surface area contributed by atoms with Crippen molar-refractivity contribution in [3.63, 3.8) is 0 Å². The van der Waals surface area contributed by atoms with E-state index in [0.29, 0.717) is 18.0 Å². The van der Waals surface area contributed by atoms with Crippen molar-refractivity contribution < 1.29 is 14.3 Å². The van der Waals surface area contributed by atoms with Crippen molar-refractivity contribution >= 4 is 11.8 Å². The van der Waals surface area contributed by atoms with Crippen molar-refractivity contribution in [2.45, 2.75) is 32.1 Å². The molecule has 1 aromatic heterocycles. The quantitative estimate of drug-likeness (QED) is 0.654. The molecule has 1 N–H and O–H groups in total. The molecule has 2 bridgehead atoms. The standard InChI is InChI=1S/C15H19NO3/c17-14(13-2-1-5-16-13)9-19-15(18)8-12-7-10-3-4-11(12)6-10/h1-2,5,10-12,16H,3-4,6-9H2/t10-,11+,12+/m0/s1. The van der Waals surface area contributed by atoms with E-state index in [1.54, 1.807) is 18.3 Å². The van der Waals surface area contributed by atoms with E-state index in [1.807, 2.05) is 0 Å². The van der Waals surface area contributed by atoms with Gasteiger partial charge in [0.15, 0.2) is 6.61 Å². The Morgan fingerprint density at radius 3 is 2.84 bits per heavy atom. The van der Waals surface area contributed by atoms with Gasteiger partial charge in [-0.05, 0) is 49.1 Å². The largest absolute Gasteiger partial charge is 0.457 e. The molecule has 2 aliphatic rings. The molecule has 0 aliphatic heterocycles. The fourth-order valence-electron chi connectivity index (χ4n) is 3.63. The summed E-state index contributed by atoms with van der Waals surface area (Å²) in [6.07, 6.45) is 7.23. The Morgan fingerprint density at radius 1 is 1.32 bits per heavy atom. The van der Waals surface area contributed by atoms with Crippen molar-refractivity contribution in [2.24, 2.45) is 17.8 Å². The molecule has 102 valence electrons. The third-order valence-electron chi connectivity index (χ3n) is 4.58. The second-order valence-electron chi connectivity index (χ2n) is 5.81. The van der Waals surface area contributed by atoms with Crippen LogP contribution in [0.4, 0.5) is 0 Å². The average Bonchev–Trinajstić information content (AvgIpc) is 3.12. The third-order valence-corrected chi connectivity index (χ3v) is 4.58. The summed E-state index contributed by atoms with van der Waals surface area (Å²) in [5.74, 6) is 1.65. The van der Waals surface area contributed by atoms with Gasteiger partial charge < -0.3 is 9.72 Å². The number of ketones is 1. The van der Waals surface area contributed by atoms with Gasteiger partial charge >= 0.3 is 5.97 Å². The second-order valence-corrected chi connectivity index (χ2v) is 5.81. The summed E-state index contributed by atoms with van der Waals surface area (Å²) in [6.45, 7) is -0.153. The van der Waals surface area contributed by atoms with Gasteiger partial charge in [0.2, 0.25) is 5.78 Å². The van der Waals surface area contributed by atoms with Crippen molar-refractivity contribution in [1.82, 2.24) is 4.98 Å². The van der Waals surface area contributed by atoms with Crippen molar-refractivity contribution in [3.05, 3.63) is 24.0 Å². The number of hydrogen-bond acceptors (Lipinski definition) is 3. The maximum atomic E-state index is 11.8. The first-order valence-corrected chi connectivity index (χ1v) is 7.04. The molecule has 1 aromatic rings. The average molecular weight is 261 g/mol. The summed E-state index contributed by atoms with van der Waals surface area (Å²) in [5, 5.41) is 0. The number of carbonyl (C=O) groups excluding carboxylic acids is 2. The number of aromatic nitrogens is 1. The molecule has 2 aliphatic carbocycles. The molecule has 0 amide bonds. The van der Waals surface area contributed by atoms with Gasteiger partial charge in [-0.1, -0.05) is 6.42 Å². The number of esters is 1. The Labute approximate surface area is 112 Å². The minimum atomic E-state index is -0.225. The van der Waals surface area contributed by atoms with Crippen molar-refractivity contribution in [1.29, 1.82) is 0 Å². The molecule has 4 heteroatoms. The number of hydrogen-bond donors (Lipinski definition) is 1. The number of nitrogens with one attached hydrogen (secondary N) is 1. The smallest absolute Gasteiger partial charge is 0.306 e. The molecule has 0 spiro atoms. The van der Waals surface area contributed by atoms with Crippen LogP contribution in [0.1, 0.15) is 42.6 Å². The van der Waals surface area contributed by atoms with Crippen LogP contribution in [0.25, 0.3) is 0 Å². The lowest BCUT2D eigenvalue weighted by molar-refractivity contribution is -0.144. The SMILES string of the molecule is O=C(C[C@H]1C[C@H]2CC[C@@H]1C2)OCC(=O)c1ccc[nH]1. The third kappa shape index (κ3) is 2.72. The highest BCUT2D eigenvalue weighted by Crippen LogP contribution is 2.49.